The van der Waals surface area contributed by atoms with E-state index in [2.05, 4.69) is 14.4 Å². The van der Waals surface area contributed by atoms with E-state index in [1.807, 2.05) is 0 Å². The fourth-order valence-corrected chi connectivity index (χ4v) is 1.62. The van der Waals surface area contributed by atoms with Crippen molar-refractivity contribution >= 4 is 20.0 Å². The summed E-state index contributed by atoms with van der Waals surface area (Å²) in [5.41, 5.74) is 0.853. The van der Waals surface area contributed by atoms with Gasteiger partial charge in [-0.05, 0) is 12.1 Å². The van der Waals surface area contributed by atoms with Crippen molar-refractivity contribution in [2.24, 2.45) is 0 Å². The number of nitrogens with one attached hydrogen (secondary N) is 1. The molecule has 1 atom stereocenters. The molecule has 2 N–H and O–H groups in total. The summed E-state index contributed by atoms with van der Waals surface area (Å²) in [6.45, 7) is -0.0953. The van der Waals surface area contributed by atoms with Crippen LogP contribution in [0.15, 0.2) is 24.3 Å². The van der Waals surface area contributed by atoms with Crippen LogP contribution in [0, 0.1) is 0 Å². The molecule has 0 aromatic heterocycles. The number of carbonyl (C=O) groups is 2. The summed E-state index contributed by atoms with van der Waals surface area (Å²) in [5.74, 6) is -0.369. The van der Waals surface area contributed by atoms with Crippen LogP contribution in [0.5, 0.6) is 0 Å². The van der Waals surface area contributed by atoms with E-state index in [0.717, 1.165) is 7.11 Å². The summed E-state index contributed by atoms with van der Waals surface area (Å²) in [6, 6.07) is 6.05. The van der Waals surface area contributed by atoms with E-state index in [4.69, 9.17) is 4.89 Å². The minimum Gasteiger partial charge on any atom is -0.350 e. The van der Waals surface area contributed by atoms with Crippen molar-refractivity contribution in [1.82, 2.24) is 5.32 Å². The molecule has 0 aliphatic rings. The molecule has 1 aromatic rings. The third-order valence-electron chi connectivity index (χ3n) is 2.18. The van der Waals surface area contributed by atoms with Crippen LogP contribution in [0.3, 0.4) is 0 Å². The highest BCUT2D eigenvalue weighted by atomic mass is 31.2. The minimum atomic E-state index is -4.01. The fraction of sp³-hybridized carbons (Fsp3) is 0.273. The molecule has 0 aliphatic carbocycles. The van der Waals surface area contributed by atoms with E-state index in [-0.39, 0.29) is 19.1 Å². The second kappa shape index (κ2) is 7.16. The molecule has 0 spiro atoms. The maximum absolute atomic E-state index is 11.6. The van der Waals surface area contributed by atoms with Crippen molar-refractivity contribution in [3.8, 4) is 0 Å². The molecule has 0 saturated heterocycles. The minimum absolute atomic E-state index is 0.0577. The van der Waals surface area contributed by atoms with E-state index in [1.54, 1.807) is 0 Å². The summed E-state index contributed by atoms with van der Waals surface area (Å²) in [4.78, 5) is 31.0. The molecular formula is C11H14NO6P. The molecule has 104 valence electrons. The number of aldehydes is 1. The van der Waals surface area contributed by atoms with E-state index >= 15 is 0 Å². The number of phosphoric acid groups is 1. The summed E-state index contributed by atoms with van der Waals surface area (Å²) in [6.07, 6.45) is 0.680. The number of amides is 1. The van der Waals surface area contributed by atoms with Gasteiger partial charge in [-0.1, -0.05) is 12.1 Å². The second-order valence-electron chi connectivity index (χ2n) is 3.48. The highest BCUT2D eigenvalue weighted by Crippen LogP contribution is 2.41. The molecule has 0 fully saturated rings. The van der Waals surface area contributed by atoms with Crippen molar-refractivity contribution in [3.05, 3.63) is 35.4 Å². The van der Waals surface area contributed by atoms with Gasteiger partial charge in [0, 0.05) is 24.8 Å². The zero-order chi connectivity index (χ0) is 14.3. The topological polar surface area (TPSA) is 102 Å². The molecule has 19 heavy (non-hydrogen) atoms. The Morgan fingerprint density at radius 3 is 2.58 bits per heavy atom. The zero-order valence-electron chi connectivity index (χ0n) is 10.2. The summed E-state index contributed by atoms with van der Waals surface area (Å²) in [5, 5.41) is 2.49. The molecule has 1 unspecified atom stereocenters. The number of rotatable bonds is 7. The highest BCUT2D eigenvalue weighted by molar-refractivity contribution is 7.47. The standard InChI is InChI=1S/C11H14NO6P/c1-17-19(15,16)18-7-6-12-11(14)10-4-2-9(8-13)3-5-10/h2-5,8H,6-7H2,1H3,(H,12,14)(H,15,16). The van der Waals surface area contributed by atoms with Crippen LogP contribution < -0.4 is 5.32 Å². The van der Waals surface area contributed by atoms with Crippen LogP contribution in [0.4, 0.5) is 0 Å². The Kier molecular flexibility index (Phi) is 5.85. The lowest BCUT2D eigenvalue weighted by atomic mass is 10.1. The quantitative estimate of drug-likeness (QED) is 0.440. The summed E-state index contributed by atoms with van der Waals surface area (Å²) >= 11 is 0. The summed E-state index contributed by atoms with van der Waals surface area (Å²) in [7, 11) is -2.96. The first kappa shape index (κ1) is 15.5. The molecule has 1 rings (SSSR count). The van der Waals surface area contributed by atoms with Gasteiger partial charge < -0.3 is 10.2 Å². The lowest BCUT2D eigenvalue weighted by Gasteiger charge is -2.09. The lowest BCUT2D eigenvalue weighted by molar-refractivity contribution is 0.0938. The number of hydrogen-bond acceptors (Lipinski definition) is 5. The first-order valence-electron chi connectivity index (χ1n) is 5.35. The van der Waals surface area contributed by atoms with Gasteiger partial charge in [-0.3, -0.25) is 18.6 Å². The van der Waals surface area contributed by atoms with Gasteiger partial charge in [0.05, 0.1) is 6.61 Å². The van der Waals surface area contributed by atoms with E-state index in [1.165, 1.54) is 24.3 Å². The lowest BCUT2D eigenvalue weighted by Crippen LogP contribution is -2.27. The SMILES string of the molecule is COP(=O)(O)OCCNC(=O)c1ccc(C=O)cc1. The van der Waals surface area contributed by atoms with Gasteiger partial charge in [0.2, 0.25) is 0 Å². The van der Waals surface area contributed by atoms with Crippen LogP contribution in [0.2, 0.25) is 0 Å². The van der Waals surface area contributed by atoms with Crippen LogP contribution in [0.25, 0.3) is 0 Å². The van der Waals surface area contributed by atoms with Crippen LogP contribution in [-0.2, 0) is 13.6 Å². The predicted octanol–water partition coefficient (Wildman–Crippen LogP) is 0.992. The van der Waals surface area contributed by atoms with Crippen molar-refractivity contribution in [1.29, 1.82) is 0 Å². The monoisotopic (exact) mass is 287 g/mol. The largest absolute Gasteiger partial charge is 0.471 e. The molecule has 1 amide bonds. The number of carbonyl (C=O) groups excluding carboxylic acids is 2. The molecule has 8 heteroatoms. The molecule has 0 aliphatic heterocycles. The van der Waals surface area contributed by atoms with E-state index in [9.17, 15) is 14.2 Å². The van der Waals surface area contributed by atoms with Crippen LogP contribution in [0.1, 0.15) is 20.7 Å². The Hall–Kier alpha value is -1.53. The first-order valence-corrected chi connectivity index (χ1v) is 6.84. The molecule has 0 saturated carbocycles. The molecular weight excluding hydrogens is 273 g/mol. The number of hydrogen-bond donors (Lipinski definition) is 2. The Morgan fingerprint density at radius 1 is 1.42 bits per heavy atom. The average molecular weight is 287 g/mol. The second-order valence-corrected chi connectivity index (χ2v) is 5.04. The van der Waals surface area contributed by atoms with Gasteiger partial charge >= 0.3 is 7.82 Å². The van der Waals surface area contributed by atoms with Gasteiger partial charge in [0.15, 0.2) is 0 Å². The van der Waals surface area contributed by atoms with Gasteiger partial charge in [0.1, 0.15) is 6.29 Å². The van der Waals surface area contributed by atoms with Crippen molar-refractivity contribution in [3.63, 3.8) is 0 Å². The van der Waals surface area contributed by atoms with Crippen molar-refractivity contribution < 1.29 is 28.1 Å². The van der Waals surface area contributed by atoms with Gasteiger partial charge in [-0.2, -0.15) is 0 Å². The van der Waals surface area contributed by atoms with E-state index in [0.29, 0.717) is 17.4 Å². The maximum atomic E-state index is 11.6. The summed E-state index contributed by atoms with van der Waals surface area (Å²) < 4.78 is 19.7. The van der Waals surface area contributed by atoms with Gasteiger partial charge in [-0.25, -0.2) is 4.57 Å². The third kappa shape index (κ3) is 5.32. The molecule has 7 nitrogen and oxygen atoms in total. The third-order valence-corrected chi connectivity index (χ3v) is 3.15. The Morgan fingerprint density at radius 2 is 2.05 bits per heavy atom. The Balaban J connectivity index is 2.39. The highest BCUT2D eigenvalue weighted by Gasteiger charge is 2.17. The first-order chi connectivity index (χ1) is 8.98. The normalized spacial score (nSPS) is 13.6. The Labute approximate surface area is 110 Å². The zero-order valence-corrected chi connectivity index (χ0v) is 11.1. The van der Waals surface area contributed by atoms with Gasteiger partial charge in [0.25, 0.3) is 5.91 Å². The average Bonchev–Trinajstić information content (AvgIpc) is 2.43. The fourth-order valence-electron chi connectivity index (χ4n) is 1.19. The van der Waals surface area contributed by atoms with Crippen LogP contribution in [-0.4, -0.2) is 37.3 Å². The van der Waals surface area contributed by atoms with Crippen molar-refractivity contribution in [2.75, 3.05) is 20.3 Å². The predicted molar refractivity (Wildman–Crippen MR) is 66.9 cm³/mol. The van der Waals surface area contributed by atoms with Crippen molar-refractivity contribution in [2.45, 2.75) is 0 Å². The molecule has 0 bridgehead atoms. The van der Waals surface area contributed by atoms with E-state index < -0.39 is 7.82 Å². The molecule has 0 heterocycles. The molecule has 0 radical (unpaired) electrons. The smallest absolute Gasteiger partial charge is 0.350 e. The number of phosphoric ester groups is 1. The maximum Gasteiger partial charge on any atom is 0.471 e. The number of benzene rings is 1. The Bertz CT molecular complexity index is 486. The van der Waals surface area contributed by atoms with Crippen LogP contribution >= 0.6 is 7.82 Å². The van der Waals surface area contributed by atoms with Gasteiger partial charge in [-0.15, -0.1) is 0 Å². The molecule has 1 aromatic carbocycles.